The average Bonchev–Trinajstić information content (AvgIpc) is 2.66. The number of carbonyl (C=O) groups is 1. The van der Waals surface area contributed by atoms with Crippen LogP contribution in [-0.2, 0) is 14.8 Å². The van der Waals surface area contributed by atoms with Gasteiger partial charge in [0.25, 0.3) is 5.91 Å². The summed E-state index contributed by atoms with van der Waals surface area (Å²) >= 11 is 0. The highest BCUT2D eigenvalue weighted by Gasteiger charge is 2.16. The second kappa shape index (κ2) is 9.84. The fourth-order valence-electron chi connectivity index (χ4n) is 2.57. The van der Waals surface area contributed by atoms with E-state index in [4.69, 9.17) is 4.74 Å². The maximum atomic E-state index is 13.0. The highest BCUT2D eigenvalue weighted by atomic mass is 32.2. The molecule has 2 rings (SSSR count). The van der Waals surface area contributed by atoms with E-state index in [0.29, 0.717) is 17.9 Å². The number of aryl methyl sites for hydroxylation is 1. The monoisotopic (exact) mass is 422 g/mol. The summed E-state index contributed by atoms with van der Waals surface area (Å²) in [5.41, 5.74) is 1.39. The normalized spacial score (nSPS) is 12.6. The van der Waals surface area contributed by atoms with Gasteiger partial charge in [0.2, 0.25) is 10.0 Å². The van der Waals surface area contributed by atoms with Gasteiger partial charge in [0, 0.05) is 6.54 Å². The van der Waals surface area contributed by atoms with E-state index in [0.717, 1.165) is 5.56 Å². The number of amides is 1. The molecule has 8 heteroatoms. The van der Waals surface area contributed by atoms with Crippen molar-refractivity contribution >= 4 is 15.9 Å². The summed E-state index contributed by atoms with van der Waals surface area (Å²) in [4.78, 5) is 12.3. The number of carbonyl (C=O) groups excluding carboxylic acids is 1. The number of hydrogen-bond donors (Lipinski definition) is 2. The van der Waals surface area contributed by atoms with Crippen LogP contribution in [0, 0.1) is 18.7 Å². The Morgan fingerprint density at radius 2 is 1.76 bits per heavy atom. The van der Waals surface area contributed by atoms with Crippen LogP contribution in [0.15, 0.2) is 47.4 Å². The summed E-state index contributed by atoms with van der Waals surface area (Å²) in [6.45, 7) is 7.49. The molecule has 0 fully saturated rings. The van der Waals surface area contributed by atoms with Crippen LogP contribution in [0.1, 0.15) is 37.9 Å². The number of ether oxygens (including phenoxy) is 1. The quantitative estimate of drug-likeness (QED) is 0.649. The molecule has 0 aliphatic heterocycles. The lowest BCUT2D eigenvalue weighted by Crippen LogP contribution is -2.31. The maximum Gasteiger partial charge on any atom is 0.258 e. The van der Waals surface area contributed by atoms with E-state index in [1.165, 1.54) is 30.3 Å². The van der Waals surface area contributed by atoms with Gasteiger partial charge in [-0.2, -0.15) is 0 Å². The lowest BCUT2D eigenvalue weighted by atomic mass is 10.1. The zero-order valence-electron chi connectivity index (χ0n) is 17.0. The SMILES string of the molecule is Cc1cc(S(=O)(=O)NCC(C)C)ccc1OCC(=O)N[C@H](C)c1ccc(F)cc1. The van der Waals surface area contributed by atoms with E-state index in [1.807, 2.05) is 13.8 Å². The molecule has 0 bridgehead atoms. The Kier molecular flexibility index (Phi) is 7.75. The molecule has 0 saturated carbocycles. The van der Waals surface area contributed by atoms with Crippen molar-refractivity contribution in [3.05, 3.63) is 59.4 Å². The molecule has 0 spiro atoms. The van der Waals surface area contributed by atoms with Gasteiger partial charge in [-0.05, 0) is 61.2 Å². The van der Waals surface area contributed by atoms with Gasteiger partial charge in [-0.1, -0.05) is 26.0 Å². The molecule has 0 aliphatic carbocycles. The van der Waals surface area contributed by atoms with Crippen LogP contribution in [0.4, 0.5) is 4.39 Å². The molecule has 2 aromatic rings. The van der Waals surface area contributed by atoms with E-state index >= 15 is 0 Å². The van der Waals surface area contributed by atoms with Crippen molar-refractivity contribution < 1.29 is 22.3 Å². The Morgan fingerprint density at radius 3 is 2.34 bits per heavy atom. The van der Waals surface area contributed by atoms with Gasteiger partial charge in [0.1, 0.15) is 11.6 Å². The summed E-state index contributed by atoms with van der Waals surface area (Å²) in [7, 11) is -3.59. The van der Waals surface area contributed by atoms with Crippen LogP contribution >= 0.6 is 0 Å². The second-order valence-corrected chi connectivity index (χ2v) is 9.07. The average molecular weight is 423 g/mol. The summed E-state index contributed by atoms with van der Waals surface area (Å²) in [6, 6.07) is 10.1. The summed E-state index contributed by atoms with van der Waals surface area (Å²) in [5, 5.41) is 2.78. The zero-order chi connectivity index (χ0) is 21.6. The van der Waals surface area contributed by atoms with Crippen LogP contribution in [-0.4, -0.2) is 27.5 Å². The number of benzene rings is 2. The van der Waals surface area contributed by atoms with Gasteiger partial charge in [0.15, 0.2) is 6.61 Å². The molecule has 2 aromatic carbocycles. The van der Waals surface area contributed by atoms with E-state index in [-0.39, 0.29) is 35.2 Å². The van der Waals surface area contributed by atoms with Crippen molar-refractivity contribution in [1.29, 1.82) is 0 Å². The first-order valence-corrected chi connectivity index (χ1v) is 10.8. The summed E-state index contributed by atoms with van der Waals surface area (Å²) in [6.07, 6.45) is 0. The minimum Gasteiger partial charge on any atom is -0.484 e. The number of nitrogens with one attached hydrogen (secondary N) is 2. The van der Waals surface area contributed by atoms with Crippen LogP contribution in [0.5, 0.6) is 5.75 Å². The first kappa shape index (κ1) is 22.8. The van der Waals surface area contributed by atoms with Crippen LogP contribution < -0.4 is 14.8 Å². The lowest BCUT2D eigenvalue weighted by Gasteiger charge is -2.16. The molecule has 6 nitrogen and oxygen atoms in total. The second-order valence-electron chi connectivity index (χ2n) is 7.30. The molecule has 1 amide bonds. The van der Waals surface area contributed by atoms with Gasteiger partial charge < -0.3 is 10.1 Å². The molecule has 158 valence electrons. The van der Waals surface area contributed by atoms with Gasteiger partial charge in [0.05, 0.1) is 10.9 Å². The molecule has 29 heavy (non-hydrogen) atoms. The largest absolute Gasteiger partial charge is 0.484 e. The third kappa shape index (κ3) is 6.83. The van der Waals surface area contributed by atoms with Crippen molar-refractivity contribution in [3.63, 3.8) is 0 Å². The van der Waals surface area contributed by atoms with Gasteiger partial charge in [-0.15, -0.1) is 0 Å². The molecule has 0 aliphatic rings. The molecule has 0 heterocycles. The molecule has 1 atom stereocenters. The van der Waals surface area contributed by atoms with E-state index in [9.17, 15) is 17.6 Å². The standard InChI is InChI=1S/C21H27FN2O4S/c1-14(2)12-23-29(26,27)19-9-10-20(15(3)11-19)28-13-21(25)24-16(4)17-5-7-18(22)8-6-17/h5-11,14,16,23H,12-13H2,1-4H3,(H,24,25)/t16-/m1/s1. The number of hydrogen-bond acceptors (Lipinski definition) is 4. The van der Waals surface area contributed by atoms with Gasteiger partial charge in [-0.25, -0.2) is 17.5 Å². The molecule has 0 unspecified atom stereocenters. The topological polar surface area (TPSA) is 84.5 Å². The van der Waals surface area contributed by atoms with Crippen molar-refractivity contribution in [1.82, 2.24) is 10.0 Å². The molecule has 0 aromatic heterocycles. The highest BCUT2D eigenvalue weighted by Crippen LogP contribution is 2.22. The Bertz CT molecular complexity index is 944. The minimum absolute atomic E-state index is 0.150. The van der Waals surface area contributed by atoms with E-state index in [2.05, 4.69) is 10.0 Å². The fraction of sp³-hybridized carbons (Fsp3) is 0.381. The number of halogens is 1. The molecular formula is C21H27FN2O4S. The maximum absolute atomic E-state index is 13.0. The summed E-state index contributed by atoms with van der Waals surface area (Å²) < 4.78 is 45.7. The Hall–Kier alpha value is -2.45. The van der Waals surface area contributed by atoms with Crippen molar-refractivity contribution in [2.24, 2.45) is 5.92 Å². The van der Waals surface area contributed by atoms with Crippen LogP contribution in [0.2, 0.25) is 0 Å². The smallest absolute Gasteiger partial charge is 0.258 e. The zero-order valence-corrected chi connectivity index (χ0v) is 17.8. The lowest BCUT2D eigenvalue weighted by molar-refractivity contribution is -0.123. The first-order chi connectivity index (χ1) is 13.6. The van der Waals surface area contributed by atoms with Crippen molar-refractivity contribution in [3.8, 4) is 5.75 Å². The Balaban J connectivity index is 1.95. The van der Waals surface area contributed by atoms with Gasteiger partial charge >= 0.3 is 0 Å². The third-order valence-corrected chi connectivity index (χ3v) is 5.67. The third-order valence-electron chi connectivity index (χ3n) is 4.24. The molecule has 0 radical (unpaired) electrons. The minimum atomic E-state index is -3.59. The predicted octanol–water partition coefficient (Wildman–Crippen LogP) is 3.32. The molecule has 2 N–H and O–H groups in total. The van der Waals surface area contributed by atoms with E-state index < -0.39 is 10.0 Å². The van der Waals surface area contributed by atoms with Crippen molar-refractivity contribution in [2.75, 3.05) is 13.2 Å². The Labute approximate surface area is 171 Å². The van der Waals surface area contributed by atoms with Crippen LogP contribution in [0.25, 0.3) is 0 Å². The summed E-state index contributed by atoms with van der Waals surface area (Å²) in [5.74, 6) is -0.0471. The first-order valence-electron chi connectivity index (χ1n) is 9.36. The van der Waals surface area contributed by atoms with E-state index in [1.54, 1.807) is 26.0 Å². The van der Waals surface area contributed by atoms with Crippen molar-refractivity contribution in [2.45, 2.75) is 38.6 Å². The fourth-order valence-corrected chi connectivity index (χ4v) is 3.87. The number of sulfonamides is 1. The number of rotatable bonds is 9. The highest BCUT2D eigenvalue weighted by molar-refractivity contribution is 7.89. The molecular weight excluding hydrogens is 395 g/mol. The van der Waals surface area contributed by atoms with Crippen LogP contribution in [0.3, 0.4) is 0 Å². The molecule has 0 saturated heterocycles. The Morgan fingerprint density at radius 1 is 1.10 bits per heavy atom. The predicted molar refractivity (Wildman–Crippen MR) is 110 cm³/mol. The van der Waals surface area contributed by atoms with Gasteiger partial charge in [-0.3, -0.25) is 4.79 Å².